The van der Waals surface area contributed by atoms with Gasteiger partial charge in [-0.25, -0.2) is 4.79 Å². The number of carbonyl (C=O) groups is 1. The Balaban J connectivity index is 2.71. The van der Waals surface area contributed by atoms with Crippen LogP contribution in [0, 0.1) is 6.92 Å². The van der Waals surface area contributed by atoms with E-state index in [9.17, 15) is 9.90 Å². The van der Waals surface area contributed by atoms with Crippen LogP contribution in [0.5, 0.6) is 0 Å². The van der Waals surface area contributed by atoms with Gasteiger partial charge in [-0.2, -0.15) is 0 Å². The van der Waals surface area contributed by atoms with Gasteiger partial charge in [0.05, 0.1) is 11.1 Å². The summed E-state index contributed by atoms with van der Waals surface area (Å²) in [6.07, 6.45) is 4.25. The molecular weight excluding hydrogens is 250 g/mol. The molecule has 2 aromatic rings. The summed E-state index contributed by atoms with van der Waals surface area (Å²) in [5, 5.41) is 10.6. The lowest BCUT2D eigenvalue weighted by Gasteiger charge is -2.11. The highest BCUT2D eigenvalue weighted by Gasteiger charge is 2.17. The second-order valence-electron chi connectivity index (χ2n) is 5.78. The van der Waals surface area contributed by atoms with E-state index in [0.717, 1.165) is 41.4 Å². The number of nitrogens with zero attached hydrogens (tertiary/aromatic N) is 1. The van der Waals surface area contributed by atoms with Gasteiger partial charge in [-0.15, -0.1) is 0 Å². The molecule has 0 atom stereocenters. The van der Waals surface area contributed by atoms with Gasteiger partial charge in [0.1, 0.15) is 0 Å². The first-order valence-corrected chi connectivity index (χ1v) is 7.32. The average molecular weight is 273 g/mol. The predicted molar refractivity (Wildman–Crippen MR) is 82.6 cm³/mol. The summed E-state index contributed by atoms with van der Waals surface area (Å²) in [6.45, 7) is 9.27. The zero-order chi connectivity index (χ0) is 14.9. The Morgan fingerprint density at radius 3 is 2.60 bits per heavy atom. The van der Waals surface area contributed by atoms with Crippen LogP contribution in [-0.4, -0.2) is 15.6 Å². The van der Waals surface area contributed by atoms with E-state index < -0.39 is 5.97 Å². The minimum atomic E-state index is -0.839. The summed E-state index contributed by atoms with van der Waals surface area (Å²) in [4.78, 5) is 11.6. The maximum absolute atomic E-state index is 11.6. The molecule has 1 N–H and O–H groups in total. The lowest BCUT2D eigenvalue weighted by molar-refractivity contribution is 0.0698. The zero-order valence-corrected chi connectivity index (χ0v) is 12.7. The number of unbranched alkanes of at least 4 members (excludes halogenated alkanes) is 1. The van der Waals surface area contributed by atoms with Crippen molar-refractivity contribution < 1.29 is 9.90 Å². The molecule has 0 aliphatic carbocycles. The van der Waals surface area contributed by atoms with Crippen LogP contribution in [0.1, 0.15) is 61.0 Å². The van der Waals surface area contributed by atoms with Crippen molar-refractivity contribution in [2.24, 2.45) is 0 Å². The highest BCUT2D eigenvalue weighted by Crippen LogP contribution is 2.29. The first kappa shape index (κ1) is 14.6. The number of aromatic carboxylic acids is 1. The molecule has 0 saturated heterocycles. The second kappa shape index (κ2) is 5.70. The van der Waals surface area contributed by atoms with Crippen molar-refractivity contribution >= 4 is 16.9 Å². The van der Waals surface area contributed by atoms with Crippen LogP contribution in [0.4, 0.5) is 0 Å². The molecule has 3 nitrogen and oxygen atoms in total. The van der Waals surface area contributed by atoms with E-state index in [1.807, 2.05) is 6.07 Å². The Morgan fingerprint density at radius 2 is 2.05 bits per heavy atom. The molecule has 3 heteroatoms. The van der Waals surface area contributed by atoms with Crippen LogP contribution < -0.4 is 0 Å². The van der Waals surface area contributed by atoms with Crippen LogP contribution in [0.25, 0.3) is 10.9 Å². The monoisotopic (exact) mass is 273 g/mol. The topological polar surface area (TPSA) is 42.2 Å². The third-order valence-corrected chi connectivity index (χ3v) is 3.84. The van der Waals surface area contributed by atoms with Crippen molar-refractivity contribution in [1.29, 1.82) is 0 Å². The molecular formula is C17H23NO2. The van der Waals surface area contributed by atoms with E-state index in [2.05, 4.69) is 44.5 Å². The number of carboxylic acid groups (broad SMARTS) is 1. The lowest BCUT2D eigenvalue weighted by atomic mass is 9.97. The van der Waals surface area contributed by atoms with Gasteiger partial charge in [-0.05, 0) is 42.5 Å². The van der Waals surface area contributed by atoms with E-state index in [1.54, 1.807) is 0 Å². The fourth-order valence-electron chi connectivity index (χ4n) is 2.64. The van der Waals surface area contributed by atoms with Crippen molar-refractivity contribution in [3.8, 4) is 0 Å². The van der Waals surface area contributed by atoms with E-state index in [4.69, 9.17) is 0 Å². The largest absolute Gasteiger partial charge is 0.478 e. The number of fused-ring (bicyclic) bond motifs is 1. The fraction of sp³-hybridized carbons (Fsp3) is 0.471. The molecule has 0 amide bonds. The molecule has 20 heavy (non-hydrogen) atoms. The molecule has 0 spiro atoms. The Bertz CT molecular complexity index is 638. The first-order chi connectivity index (χ1) is 9.45. The average Bonchev–Trinajstić information content (AvgIpc) is 2.72. The summed E-state index contributed by atoms with van der Waals surface area (Å²) in [5.41, 5.74) is 3.54. The molecule has 0 aliphatic rings. The molecule has 0 fully saturated rings. The van der Waals surface area contributed by atoms with Gasteiger partial charge >= 0.3 is 5.97 Å². The number of rotatable bonds is 5. The Hall–Kier alpha value is -1.77. The highest BCUT2D eigenvalue weighted by molar-refractivity contribution is 6.03. The Kier molecular flexibility index (Phi) is 4.17. The number of carboxylic acids is 1. The molecule has 0 saturated carbocycles. The molecule has 1 aromatic carbocycles. The Labute approximate surface area is 120 Å². The minimum absolute atomic E-state index is 0.330. The van der Waals surface area contributed by atoms with Crippen LogP contribution in [0.2, 0.25) is 0 Å². The second-order valence-corrected chi connectivity index (χ2v) is 5.78. The van der Waals surface area contributed by atoms with Crippen molar-refractivity contribution in [2.45, 2.75) is 53.0 Å². The van der Waals surface area contributed by atoms with Crippen LogP contribution in [0.15, 0.2) is 18.3 Å². The third-order valence-electron chi connectivity index (χ3n) is 3.84. The molecule has 0 radical (unpaired) electrons. The standard InChI is InChI=1S/C17H23NO2/c1-5-6-7-18-10-12(4)14-8-13(11(2)3)9-15(16(14)18)17(19)20/h8-11H,5-7H2,1-4H3,(H,19,20). The number of hydrogen-bond acceptors (Lipinski definition) is 1. The summed E-state index contributed by atoms with van der Waals surface area (Å²) >= 11 is 0. The van der Waals surface area contributed by atoms with Crippen LogP contribution in [0.3, 0.4) is 0 Å². The van der Waals surface area contributed by atoms with E-state index in [0.29, 0.717) is 11.5 Å². The van der Waals surface area contributed by atoms with E-state index in [-0.39, 0.29) is 0 Å². The summed E-state index contributed by atoms with van der Waals surface area (Å²) in [6, 6.07) is 3.97. The quantitative estimate of drug-likeness (QED) is 0.867. The van der Waals surface area contributed by atoms with Crippen LogP contribution in [-0.2, 0) is 6.54 Å². The number of benzene rings is 1. The summed E-state index contributed by atoms with van der Waals surface area (Å²) in [7, 11) is 0. The van der Waals surface area contributed by atoms with Crippen molar-refractivity contribution in [3.63, 3.8) is 0 Å². The third kappa shape index (κ3) is 2.58. The minimum Gasteiger partial charge on any atom is -0.478 e. The lowest BCUT2D eigenvalue weighted by Crippen LogP contribution is -2.05. The molecule has 0 aliphatic heterocycles. The molecule has 0 unspecified atom stereocenters. The van der Waals surface area contributed by atoms with Crippen molar-refractivity contribution in [2.75, 3.05) is 0 Å². The summed E-state index contributed by atoms with van der Waals surface area (Å²) in [5.74, 6) is -0.510. The molecule has 1 heterocycles. The van der Waals surface area contributed by atoms with Gasteiger partial charge in [0.15, 0.2) is 0 Å². The van der Waals surface area contributed by atoms with Gasteiger partial charge in [-0.3, -0.25) is 0 Å². The molecule has 108 valence electrons. The van der Waals surface area contributed by atoms with E-state index in [1.165, 1.54) is 0 Å². The first-order valence-electron chi connectivity index (χ1n) is 7.32. The molecule has 0 bridgehead atoms. The Morgan fingerprint density at radius 1 is 1.35 bits per heavy atom. The van der Waals surface area contributed by atoms with Crippen molar-refractivity contribution in [1.82, 2.24) is 4.57 Å². The molecule has 1 aromatic heterocycles. The van der Waals surface area contributed by atoms with Gasteiger partial charge in [-0.1, -0.05) is 27.2 Å². The number of aryl methyl sites for hydroxylation is 2. The number of aromatic nitrogens is 1. The smallest absolute Gasteiger partial charge is 0.337 e. The van der Waals surface area contributed by atoms with Crippen molar-refractivity contribution in [3.05, 3.63) is 35.0 Å². The summed E-state index contributed by atoms with van der Waals surface area (Å²) < 4.78 is 2.10. The molecule has 2 rings (SSSR count). The van der Waals surface area contributed by atoms with Crippen LogP contribution >= 0.6 is 0 Å². The normalized spacial score (nSPS) is 11.4. The SMILES string of the molecule is CCCCn1cc(C)c2cc(C(C)C)cc(C(=O)O)c21. The maximum atomic E-state index is 11.6. The highest BCUT2D eigenvalue weighted by atomic mass is 16.4. The fourth-order valence-corrected chi connectivity index (χ4v) is 2.64. The number of hydrogen-bond donors (Lipinski definition) is 1. The van der Waals surface area contributed by atoms with Gasteiger partial charge in [0.25, 0.3) is 0 Å². The van der Waals surface area contributed by atoms with Gasteiger partial charge in [0, 0.05) is 18.1 Å². The van der Waals surface area contributed by atoms with E-state index >= 15 is 0 Å². The maximum Gasteiger partial charge on any atom is 0.337 e. The van der Waals surface area contributed by atoms with Gasteiger partial charge < -0.3 is 9.67 Å². The van der Waals surface area contributed by atoms with Gasteiger partial charge in [0.2, 0.25) is 0 Å². The zero-order valence-electron chi connectivity index (χ0n) is 12.7. The predicted octanol–water partition coefficient (Wildman–Crippen LogP) is 4.57.